The van der Waals surface area contributed by atoms with E-state index in [-0.39, 0.29) is 0 Å². The fourth-order valence-electron chi connectivity index (χ4n) is 2.71. The quantitative estimate of drug-likeness (QED) is 0.474. The SMILES string of the molecule is C=C(/C=C(\NC)Nc1nc(NCCc2ccc(OC)cc2)ncc1Br)C1CC1. The Bertz CT molecular complexity index is 846. The van der Waals surface area contributed by atoms with Crippen LogP contribution >= 0.6 is 15.9 Å². The summed E-state index contributed by atoms with van der Waals surface area (Å²) >= 11 is 3.51. The van der Waals surface area contributed by atoms with Gasteiger partial charge in [-0.2, -0.15) is 4.98 Å². The van der Waals surface area contributed by atoms with E-state index >= 15 is 0 Å². The van der Waals surface area contributed by atoms with Gasteiger partial charge >= 0.3 is 0 Å². The maximum atomic E-state index is 5.19. The van der Waals surface area contributed by atoms with Gasteiger partial charge in [0.1, 0.15) is 11.6 Å². The van der Waals surface area contributed by atoms with Gasteiger partial charge in [0.25, 0.3) is 0 Å². The summed E-state index contributed by atoms with van der Waals surface area (Å²) in [5.74, 6) is 3.62. The minimum atomic E-state index is 0.579. The van der Waals surface area contributed by atoms with Gasteiger partial charge in [0.2, 0.25) is 5.95 Å². The number of allylic oxidation sites excluding steroid dienone is 2. The lowest BCUT2D eigenvalue weighted by atomic mass is 10.1. The molecule has 1 aliphatic rings. The lowest BCUT2D eigenvalue weighted by Gasteiger charge is -2.13. The molecular weight excluding hydrogens is 418 g/mol. The molecule has 1 aromatic carbocycles. The van der Waals surface area contributed by atoms with Crippen molar-refractivity contribution in [2.45, 2.75) is 19.3 Å². The molecule has 0 amide bonds. The average molecular weight is 444 g/mol. The second kappa shape index (κ2) is 9.59. The molecule has 1 aromatic heterocycles. The van der Waals surface area contributed by atoms with Gasteiger partial charge in [-0.3, -0.25) is 0 Å². The number of benzene rings is 1. The molecule has 0 bridgehead atoms. The molecule has 0 spiro atoms. The molecule has 0 unspecified atom stereocenters. The fraction of sp³-hybridized carbons (Fsp3) is 0.333. The Morgan fingerprint density at radius 2 is 2.07 bits per heavy atom. The van der Waals surface area contributed by atoms with Gasteiger partial charge in [-0.1, -0.05) is 18.7 Å². The van der Waals surface area contributed by atoms with E-state index in [9.17, 15) is 0 Å². The van der Waals surface area contributed by atoms with Crippen LogP contribution in [0, 0.1) is 5.92 Å². The Labute approximate surface area is 174 Å². The predicted octanol–water partition coefficient (Wildman–Crippen LogP) is 4.34. The summed E-state index contributed by atoms with van der Waals surface area (Å²) in [4.78, 5) is 8.92. The second-order valence-corrected chi connectivity index (χ2v) is 7.55. The number of methoxy groups -OCH3 is 1. The van der Waals surface area contributed by atoms with Crippen molar-refractivity contribution in [3.8, 4) is 5.75 Å². The van der Waals surface area contributed by atoms with Gasteiger partial charge < -0.3 is 20.7 Å². The molecule has 0 atom stereocenters. The Kier molecular flexibility index (Phi) is 6.92. The molecule has 1 saturated carbocycles. The topological polar surface area (TPSA) is 71.1 Å². The van der Waals surface area contributed by atoms with Gasteiger partial charge in [0.05, 0.1) is 11.6 Å². The number of nitrogens with zero attached hydrogens (tertiary/aromatic N) is 2. The molecule has 28 heavy (non-hydrogen) atoms. The number of hydrogen-bond acceptors (Lipinski definition) is 6. The molecule has 7 heteroatoms. The van der Waals surface area contributed by atoms with Gasteiger partial charge in [0.15, 0.2) is 5.82 Å². The highest BCUT2D eigenvalue weighted by atomic mass is 79.9. The molecule has 0 saturated heterocycles. The first-order valence-electron chi connectivity index (χ1n) is 9.33. The van der Waals surface area contributed by atoms with E-state index < -0.39 is 0 Å². The standard InChI is InChI=1S/C21H26BrN5O/c1-14(16-6-7-16)12-19(23-2)26-20-18(22)13-25-21(27-20)24-11-10-15-4-8-17(28-3)9-5-15/h4-5,8-9,12-13,16,23H,1,6-7,10-11H2,2-3H3,(H2,24,25,26,27)/b19-12+. The molecule has 1 fully saturated rings. The van der Waals surface area contributed by atoms with Crippen molar-refractivity contribution in [3.05, 3.63) is 64.5 Å². The van der Waals surface area contributed by atoms with Crippen molar-refractivity contribution in [1.82, 2.24) is 15.3 Å². The Morgan fingerprint density at radius 3 is 2.71 bits per heavy atom. The predicted molar refractivity (Wildman–Crippen MR) is 118 cm³/mol. The Balaban J connectivity index is 1.59. The Morgan fingerprint density at radius 1 is 1.32 bits per heavy atom. The van der Waals surface area contributed by atoms with E-state index in [2.05, 4.69) is 60.6 Å². The van der Waals surface area contributed by atoms with Crippen LogP contribution in [0.25, 0.3) is 0 Å². The normalized spacial score (nSPS) is 13.8. The first kappa shape index (κ1) is 20.2. The number of hydrogen-bond donors (Lipinski definition) is 3. The van der Waals surface area contributed by atoms with Crippen LogP contribution in [-0.2, 0) is 6.42 Å². The molecular formula is C21H26BrN5O. The van der Waals surface area contributed by atoms with Crippen molar-refractivity contribution >= 4 is 27.7 Å². The van der Waals surface area contributed by atoms with Crippen LogP contribution in [0.4, 0.5) is 11.8 Å². The molecule has 6 nitrogen and oxygen atoms in total. The summed E-state index contributed by atoms with van der Waals surface area (Å²) in [5.41, 5.74) is 2.36. The van der Waals surface area contributed by atoms with E-state index in [1.165, 1.54) is 18.4 Å². The van der Waals surface area contributed by atoms with Crippen LogP contribution in [0.1, 0.15) is 18.4 Å². The monoisotopic (exact) mass is 443 g/mol. The summed E-state index contributed by atoms with van der Waals surface area (Å²) < 4.78 is 5.98. The highest BCUT2D eigenvalue weighted by Crippen LogP contribution is 2.36. The molecule has 0 aliphatic heterocycles. The van der Waals surface area contributed by atoms with Crippen molar-refractivity contribution in [3.63, 3.8) is 0 Å². The van der Waals surface area contributed by atoms with Gasteiger partial charge in [-0.05, 0) is 70.5 Å². The van der Waals surface area contributed by atoms with E-state index in [1.54, 1.807) is 13.3 Å². The number of halogens is 1. The summed E-state index contributed by atoms with van der Waals surface area (Å²) in [6.07, 6.45) is 7.11. The van der Waals surface area contributed by atoms with Gasteiger partial charge in [-0.15, -0.1) is 0 Å². The van der Waals surface area contributed by atoms with Crippen LogP contribution in [0.15, 0.2) is 59.0 Å². The third kappa shape index (κ3) is 5.73. The molecule has 3 N–H and O–H groups in total. The maximum absolute atomic E-state index is 5.19. The second-order valence-electron chi connectivity index (χ2n) is 6.70. The smallest absolute Gasteiger partial charge is 0.224 e. The third-order valence-electron chi connectivity index (χ3n) is 4.55. The number of nitrogens with one attached hydrogen (secondary N) is 3. The maximum Gasteiger partial charge on any atom is 0.224 e. The average Bonchev–Trinajstić information content (AvgIpc) is 3.55. The summed E-state index contributed by atoms with van der Waals surface area (Å²) in [7, 11) is 3.55. The van der Waals surface area contributed by atoms with E-state index in [4.69, 9.17) is 4.74 Å². The molecule has 1 heterocycles. The first-order chi connectivity index (χ1) is 13.6. The summed E-state index contributed by atoms with van der Waals surface area (Å²) in [6, 6.07) is 8.06. The highest BCUT2D eigenvalue weighted by molar-refractivity contribution is 9.10. The molecule has 3 rings (SSSR count). The first-order valence-corrected chi connectivity index (χ1v) is 10.1. The van der Waals surface area contributed by atoms with Gasteiger partial charge in [0, 0.05) is 19.8 Å². The van der Waals surface area contributed by atoms with Crippen molar-refractivity contribution < 1.29 is 4.74 Å². The zero-order valence-corrected chi connectivity index (χ0v) is 17.8. The van der Waals surface area contributed by atoms with Crippen molar-refractivity contribution in [2.24, 2.45) is 5.92 Å². The van der Waals surface area contributed by atoms with E-state index in [0.29, 0.717) is 17.7 Å². The third-order valence-corrected chi connectivity index (χ3v) is 5.13. The zero-order valence-electron chi connectivity index (χ0n) is 16.3. The number of aromatic nitrogens is 2. The molecule has 2 aromatic rings. The van der Waals surface area contributed by atoms with Gasteiger partial charge in [-0.25, -0.2) is 4.98 Å². The highest BCUT2D eigenvalue weighted by Gasteiger charge is 2.23. The Hall–Kier alpha value is -2.54. The lowest BCUT2D eigenvalue weighted by Crippen LogP contribution is -2.17. The molecule has 0 radical (unpaired) electrons. The van der Waals surface area contributed by atoms with E-state index in [0.717, 1.165) is 34.6 Å². The minimum Gasteiger partial charge on any atom is -0.497 e. The minimum absolute atomic E-state index is 0.579. The van der Waals surface area contributed by atoms with Crippen LogP contribution in [0.3, 0.4) is 0 Å². The fourth-order valence-corrected chi connectivity index (χ4v) is 3.00. The largest absolute Gasteiger partial charge is 0.497 e. The van der Waals surface area contributed by atoms with Crippen molar-refractivity contribution in [2.75, 3.05) is 31.3 Å². The van der Waals surface area contributed by atoms with Crippen LogP contribution in [0.2, 0.25) is 0 Å². The number of rotatable bonds is 10. The number of ether oxygens (including phenoxy) is 1. The summed E-state index contributed by atoms with van der Waals surface area (Å²) in [5, 5.41) is 9.75. The lowest BCUT2D eigenvalue weighted by molar-refractivity contribution is 0.414. The molecule has 148 valence electrons. The van der Waals surface area contributed by atoms with Crippen LogP contribution in [0.5, 0.6) is 5.75 Å². The zero-order chi connectivity index (χ0) is 19.9. The summed E-state index contributed by atoms with van der Waals surface area (Å²) in [6.45, 7) is 4.88. The van der Waals surface area contributed by atoms with Crippen molar-refractivity contribution in [1.29, 1.82) is 0 Å². The molecule has 1 aliphatic carbocycles. The van der Waals surface area contributed by atoms with Crippen LogP contribution < -0.4 is 20.7 Å². The van der Waals surface area contributed by atoms with E-state index in [1.807, 2.05) is 25.3 Å². The number of anilines is 2. The van der Waals surface area contributed by atoms with Crippen LogP contribution in [-0.4, -0.2) is 30.7 Å².